The monoisotopic (exact) mass is 616 g/mol. The van der Waals surface area contributed by atoms with Crippen molar-refractivity contribution >= 4 is 19.5 Å². The molecule has 5 aromatic rings. The summed E-state index contributed by atoms with van der Waals surface area (Å²) in [5, 5.41) is 4.16. The number of benzene rings is 3. The zero-order valence-corrected chi connectivity index (χ0v) is 21.3. The normalized spacial score (nSPS) is 13.1. The molecule has 6 nitrogen and oxygen atoms in total. The van der Waals surface area contributed by atoms with Crippen LogP contribution in [-0.2, 0) is 27.2 Å². The topological polar surface area (TPSA) is 57.8 Å². The molecule has 163 valence electrons. The van der Waals surface area contributed by atoms with Gasteiger partial charge >= 0.3 is 8.48 Å². The van der Waals surface area contributed by atoms with Gasteiger partial charge in [-0.15, -0.1) is 60.2 Å². The smallest absolute Gasteiger partial charge is 0.341 e. The van der Waals surface area contributed by atoms with Crippen LogP contribution in [0.3, 0.4) is 0 Å². The van der Waals surface area contributed by atoms with Gasteiger partial charge in [0.2, 0.25) is 0 Å². The van der Waals surface area contributed by atoms with Crippen LogP contribution in [0.1, 0.15) is 0 Å². The van der Waals surface area contributed by atoms with Crippen molar-refractivity contribution in [2.24, 2.45) is 7.05 Å². The number of nitrogens with zero attached hydrogens (tertiary/aromatic N) is 5. The minimum absolute atomic E-state index is 0. The second-order valence-electron chi connectivity index (χ2n) is 7.74. The molecule has 32 heavy (non-hydrogen) atoms. The molecule has 3 heterocycles. The largest absolute Gasteiger partial charge is 0.573 e. The molecule has 0 aliphatic carbocycles. The molecule has 0 saturated heterocycles. The Balaban J connectivity index is 0.000000164. The molecule has 0 fully saturated rings. The van der Waals surface area contributed by atoms with Crippen LogP contribution in [0.25, 0.3) is 33.8 Å². The summed E-state index contributed by atoms with van der Waals surface area (Å²) < 4.78 is 10.2. The van der Waals surface area contributed by atoms with Gasteiger partial charge in [0.25, 0.3) is 0 Å². The molecule has 0 atom stereocenters. The van der Waals surface area contributed by atoms with Crippen LogP contribution in [0.4, 0.5) is 0 Å². The number of imidazole rings is 1. The summed E-state index contributed by atoms with van der Waals surface area (Å²) in [6, 6.07) is 28.1. The van der Waals surface area contributed by atoms with Crippen LogP contribution in [-0.4, -0.2) is 32.5 Å². The van der Waals surface area contributed by atoms with Gasteiger partial charge in [-0.1, -0.05) is 17.7 Å². The second kappa shape index (κ2) is 8.82. The molecule has 0 saturated carbocycles. The van der Waals surface area contributed by atoms with Gasteiger partial charge in [-0.25, -0.2) is 5.10 Å². The zero-order valence-electron chi connectivity index (χ0n) is 17.9. The molecular weight excluding hydrogens is 595 g/mol. The molecule has 0 unspecified atom stereocenters. The van der Waals surface area contributed by atoms with Gasteiger partial charge in [-0.05, 0) is 25.2 Å². The summed E-state index contributed by atoms with van der Waals surface area (Å²) in [4.78, 5) is 8.88. The SMILES string of the molecule is C[Si]1(C)Oc2ccc[c-]c2-c2nc3ccccc3n21.Cn1cnc(-c2[c-]cccc2)n1.[Ir]. The Labute approximate surface area is 201 Å². The van der Waals surface area contributed by atoms with E-state index in [2.05, 4.69) is 45.6 Å². The number of fused-ring (bicyclic) bond motifs is 5. The Hall–Kier alpha value is -3.06. The van der Waals surface area contributed by atoms with E-state index < -0.39 is 8.48 Å². The quantitative estimate of drug-likeness (QED) is 0.202. The number of hydrogen-bond acceptors (Lipinski definition) is 4. The van der Waals surface area contributed by atoms with Gasteiger partial charge in [-0.2, -0.15) is 0 Å². The first-order valence-electron chi connectivity index (χ1n) is 10.0. The second-order valence-corrected chi connectivity index (χ2v) is 11.3. The third-order valence-corrected chi connectivity index (χ3v) is 7.30. The van der Waals surface area contributed by atoms with Crippen molar-refractivity contribution in [2.45, 2.75) is 13.1 Å². The molecular formula is C24H21IrN5OSi-2. The fraction of sp³-hybridized carbons (Fsp3) is 0.125. The van der Waals surface area contributed by atoms with Crippen molar-refractivity contribution < 1.29 is 24.5 Å². The van der Waals surface area contributed by atoms with Crippen LogP contribution in [0, 0.1) is 12.1 Å². The van der Waals surface area contributed by atoms with Gasteiger partial charge in [0.1, 0.15) is 6.33 Å². The predicted molar refractivity (Wildman–Crippen MR) is 123 cm³/mol. The van der Waals surface area contributed by atoms with E-state index in [0.29, 0.717) is 0 Å². The number of rotatable bonds is 1. The first-order valence-corrected chi connectivity index (χ1v) is 12.9. The summed E-state index contributed by atoms with van der Waals surface area (Å²) in [5.74, 6) is 2.61. The number of hydrogen-bond donors (Lipinski definition) is 0. The van der Waals surface area contributed by atoms with Crippen LogP contribution >= 0.6 is 0 Å². The molecule has 1 radical (unpaired) electrons. The maximum atomic E-state index is 6.24. The predicted octanol–water partition coefficient (Wildman–Crippen LogP) is 4.73. The third-order valence-electron chi connectivity index (χ3n) is 5.05. The third kappa shape index (κ3) is 4.04. The Morgan fingerprint density at radius 3 is 2.47 bits per heavy atom. The van der Waals surface area contributed by atoms with Crippen molar-refractivity contribution in [1.82, 2.24) is 24.0 Å². The molecule has 0 bridgehead atoms. The van der Waals surface area contributed by atoms with E-state index in [0.717, 1.165) is 39.6 Å². The molecule has 0 amide bonds. The Kier molecular flexibility index (Phi) is 6.10. The molecule has 2 aromatic heterocycles. The molecule has 1 aliphatic heterocycles. The van der Waals surface area contributed by atoms with Crippen LogP contribution in [0.5, 0.6) is 5.75 Å². The average Bonchev–Trinajstić information content (AvgIpc) is 3.39. The average molecular weight is 616 g/mol. The van der Waals surface area contributed by atoms with Gasteiger partial charge in [0, 0.05) is 32.9 Å². The van der Waals surface area contributed by atoms with Crippen LogP contribution in [0.2, 0.25) is 13.1 Å². The number of aromatic nitrogens is 5. The van der Waals surface area contributed by atoms with Crippen LogP contribution < -0.4 is 4.43 Å². The standard InChI is InChI=1S/C15H13N2OSi.C9H8N3.Ir/c1-19(2)17-13-9-5-4-8-12(13)16-15(17)11-7-3-6-10-14(11)18-19;1-12-7-10-9(11-12)8-5-3-2-4-6-8;/h3-6,8-10H,1-2H3;2-5,7H,1H3;/q2*-1;. The first kappa shape index (κ1) is 22.1. The summed E-state index contributed by atoms with van der Waals surface area (Å²) in [7, 11) is -0.194. The van der Waals surface area contributed by atoms with E-state index in [9.17, 15) is 0 Å². The first-order chi connectivity index (χ1) is 15.0. The van der Waals surface area contributed by atoms with Gasteiger partial charge in [0.05, 0.1) is 22.7 Å². The zero-order chi connectivity index (χ0) is 21.4. The molecule has 6 rings (SSSR count). The molecule has 1 aliphatic rings. The fourth-order valence-electron chi connectivity index (χ4n) is 3.73. The van der Waals surface area contributed by atoms with Crippen molar-refractivity contribution in [1.29, 1.82) is 0 Å². The van der Waals surface area contributed by atoms with E-state index in [1.807, 2.05) is 67.7 Å². The van der Waals surface area contributed by atoms with E-state index in [4.69, 9.17) is 9.41 Å². The van der Waals surface area contributed by atoms with E-state index >= 15 is 0 Å². The van der Waals surface area contributed by atoms with E-state index in [1.54, 1.807) is 11.0 Å². The fourth-order valence-corrected chi connectivity index (χ4v) is 5.97. The van der Waals surface area contributed by atoms with Crippen molar-refractivity contribution in [3.8, 4) is 28.5 Å². The number of aryl methyl sites for hydroxylation is 1. The summed E-state index contributed by atoms with van der Waals surface area (Å²) in [6.45, 7) is 4.39. The van der Waals surface area contributed by atoms with Crippen molar-refractivity contribution in [2.75, 3.05) is 0 Å². The van der Waals surface area contributed by atoms with Gasteiger partial charge in [0.15, 0.2) is 0 Å². The Morgan fingerprint density at radius 1 is 0.938 bits per heavy atom. The summed E-state index contributed by atoms with van der Waals surface area (Å²) in [5.41, 5.74) is 4.06. The maximum Gasteiger partial charge on any atom is 0.341 e. The van der Waals surface area contributed by atoms with E-state index in [1.165, 1.54) is 0 Å². The molecule has 8 heteroatoms. The Morgan fingerprint density at radius 2 is 1.72 bits per heavy atom. The van der Waals surface area contributed by atoms with Crippen LogP contribution in [0.15, 0.2) is 73.1 Å². The summed E-state index contributed by atoms with van der Waals surface area (Å²) in [6.07, 6.45) is 1.68. The van der Waals surface area contributed by atoms with Gasteiger partial charge < -0.3 is 8.66 Å². The minimum atomic E-state index is -2.04. The van der Waals surface area contributed by atoms with Crippen molar-refractivity contribution in [3.63, 3.8) is 0 Å². The molecule has 0 N–H and O–H groups in total. The van der Waals surface area contributed by atoms with Crippen molar-refractivity contribution in [3.05, 3.63) is 85.2 Å². The number of para-hydroxylation sites is 2. The molecule has 3 aromatic carbocycles. The van der Waals surface area contributed by atoms with Gasteiger partial charge in [-0.3, -0.25) is 14.6 Å². The maximum absolute atomic E-state index is 6.24. The minimum Gasteiger partial charge on any atom is -0.573 e. The Bertz CT molecular complexity index is 1360. The van der Waals surface area contributed by atoms with E-state index in [-0.39, 0.29) is 20.1 Å². The summed E-state index contributed by atoms with van der Waals surface area (Å²) >= 11 is 0. The molecule has 0 spiro atoms.